The highest BCUT2D eigenvalue weighted by atomic mass is 32.1. The van der Waals surface area contributed by atoms with Gasteiger partial charge in [0.15, 0.2) is 5.11 Å². The molecule has 0 aliphatic carbocycles. The van der Waals surface area contributed by atoms with E-state index in [4.69, 9.17) is 12.2 Å². The Bertz CT molecular complexity index is 593. The van der Waals surface area contributed by atoms with Crippen molar-refractivity contribution in [1.82, 2.24) is 20.2 Å². The number of hydrogen-bond donors (Lipinski definition) is 2. The van der Waals surface area contributed by atoms with E-state index in [9.17, 15) is 0 Å². The fraction of sp³-hybridized carbons (Fsp3) is 0.286. The monoisotopic (exact) mass is 272 g/mol. The Morgan fingerprint density at radius 2 is 2.11 bits per heavy atom. The largest absolute Gasteiger partial charge is 0.361 e. The van der Waals surface area contributed by atoms with Gasteiger partial charge >= 0.3 is 0 Å². The molecule has 2 N–H and O–H groups in total. The number of hydrogen-bond acceptors (Lipinski definition) is 2. The third kappa shape index (κ3) is 2.10. The highest BCUT2D eigenvalue weighted by Crippen LogP contribution is 2.36. The smallest absolute Gasteiger partial charge is 0.169 e. The average molecular weight is 272 g/mol. The Labute approximate surface area is 117 Å². The van der Waals surface area contributed by atoms with Crippen molar-refractivity contribution in [2.24, 2.45) is 0 Å². The summed E-state index contributed by atoms with van der Waals surface area (Å²) in [7, 11) is 2.01. The molecule has 0 aromatic carbocycles. The normalized spacial score (nSPS) is 22.6. The van der Waals surface area contributed by atoms with E-state index in [0.717, 1.165) is 22.2 Å². The first-order chi connectivity index (χ1) is 9.16. The van der Waals surface area contributed by atoms with Gasteiger partial charge < -0.3 is 15.2 Å². The summed E-state index contributed by atoms with van der Waals surface area (Å²) in [6.07, 6.45) is 1.81. The van der Waals surface area contributed by atoms with Crippen LogP contribution in [0.1, 0.15) is 29.2 Å². The van der Waals surface area contributed by atoms with E-state index >= 15 is 0 Å². The Morgan fingerprint density at radius 3 is 2.74 bits per heavy atom. The number of aryl methyl sites for hydroxylation is 1. The van der Waals surface area contributed by atoms with Gasteiger partial charge in [-0.05, 0) is 43.4 Å². The topological polar surface area (TPSA) is 44.0 Å². The van der Waals surface area contributed by atoms with E-state index in [-0.39, 0.29) is 12.1 Å². The summed E-state index contributed by atoms with van der Waals surface area (Å²) in [5.74, 6) is 0. The lowest BCUT2D eigenvalue weighted by atomic mass is 10.0. The molecule has 3 heterocycles. The Hall–Kier alpha value is -1.88. The fourth-order valence-electron chi connectivity index (χ4n) is 2.55. The summed E-state index contributed by atoms with van der Waals surface area (Å²) in [5, 5.41) is 4.11. The predicted molar refractivity (Wildman–Crippen MR) is 78.7 cm³/mol. The highest BCUT2D eigenvalue weighted by Gasteiger charge is 2.38. The Morgan fingerprint density at radius 1 is 1.26 bits per heavy atom. The van der Waals surface area contributed by atoms with Crippen LogP contribution in [0, 0.1) is 6.92 Å². The molecule has 19 heavy (non-hydrogen) atoms. The molecule has 2 aromatic rings. The summed E-state index contributed by atoms with van der Waals surface area (Å²) in [6, 6.07) is 10.4. The number of H-pyrrole nitrogens is 1. The molecule has 0 bridgehead atoms. The molecule has 2 unspecified atom stereocenters. The van der Waals surface area contributed by atoms with Gasteiger partial charge in [0.05, 0.1) is 17.8 Å². The minimum atomic E-state index is 0.0803. The van der Waals surface area contributed by atoms with E-state index in [1.165, 1.54) is 0 Å². The maximum atomic E-state index is 5.38. The third-order valence-electron chi connectivity index (χ3n) is 3.51. The van der Waals surface area contributed by atoms with Gasteiger partial charge in [-0.15, -0.1) is 0 Å². The second-order valence-electron chi connectivity index (χ2n) is 4.83. The van der Waals surface area contributed by atoms with Crippen molar-refractivity contribution < 1.29 is 0 Å². The van der Waals surface area contributed by atoms with Crippen molar-refractivity contribution >= 4 is 17.3 Å². The van der Waals surface area contributed by atoms with Gasteiger partial charge in [-0.1, -0.05) is 6.07 Å². The van der Waals surface area contributed by atoms with Crippen LogP contribution in [0.25, 0.3) is 0 Å². The predicted octanol–water partition coefficient (Wildman–Crippen LogP) is 2.32. The quantitative estimate of drug-likeness (QED) is 0.824. The van der Waals surface area contributed by atoms with E-state index in [1.807, 2.05) is 31.4 Å². The minimum Gasteiger partial charge on any atom is -0.361 e. The lowest BCUT2D eigenvalue weighted by Gasteiger charge is -2.23. The van der Waals surface area contributed by atoms with Crippen LogP contribution in [0.3, 0.4) is 0 Å². The second kappa shape index (κ2) is 4.66. The van der Waals surface area contributed by atoms with Gasteiger partial charge in [0, 0.05) is 24.6 Å². The molecule has 0 spiro atoms. The summed E-state index contributed by atoms with van der Waals surface area (Å²) in [6.45, 7) is 2.06. The molecule has 0 radical (unpaired) electrons. The van der Waals surface area contributed by atoms with Crippen molar-refractivity contribution in [2.45, 2.75) is 19.0 Å². The molecular formula is C14H16N4S. The van der Waals surface area contributed by atoms with Gasteiger partial charge in [-0.25, -0.2) is 0 Å². The number of pyridine rings is 1. The molecule has 2 atom stereocenters. The van der Waals surface area contributed by atoms with Crippen LogP contribution >= 0.6 is 12.2 Å². The van der Waals surface area contributed by atoms with Crippen LogP contribution in [0.2, 0.25) is 0 Å². The van der Waals surface area contributed by atoms with E-state index in [2.05, 4.69) is 39.2 Å². The zero-order valence-corrected chi connectivity index (χ0v) is 11.7. The van der Waals surface area contributed by atoms with Crippen LogP contribution in [0.15, 0.2) is 36.5 Å². The standard InChI is InChI=1S/C14H16N4S/c1-9-6-7-11(16-9)13-12(17-14(19)18(13)2)10-5-3-4-8-15-10/h3-8,12-13,16H,1-2H3,(H,17,19). The van der Waals surface area contributed by atoms with E-state index in [0.29, 0.717) is 0 Å². The summed E-state index contributed by atoms with van der Waals surface area (Å²) in [5.41, 5.74) is 3.32. The molecule has 4 nitrogen and oxygen atoms in total. The third-order valence-corrected chi connectivity index (χ3v) is 3.92. The van der Waals surface area contributed by atoms with Gasteiger partial charge in [0.1, 0.15) is 0 Å². The number of thiocarbonyl (C=S) groups is 1. The van der Waals surface area contributed by atoms with Gasteiger partial charge in [-0.2, -0.15) is 0 Å². The summed E-state index contributed by atoms with van der Waals surface area (Å²) < 4.78 is 0. The van der Waals surface area contributed by atoms with Crippen LogP contribution < -0.4 is 5.32 Å². The van der Waals surface area contributed by atoms with Crippen molar-refractivity contribution in [3.63, 3.8) is 0 Å². The lowest BCUT2D eigenvalue weighted by molar-refractivity contribution is 0.361. The van der Waals surface area contributed by atoms with Crippen LogP contribution in [-0.4, -0.2) is 27.0 Å². The second-order valence-corrected chi connectivity index (χ2v) is 5.22. The summed E-state index contributed by atoms with van der Waals surface area (Å²) >= 11 is 5.38. The lowest BCUT2D eigenvalue weighted by Crippen LogP contribution is -2.25. The number of aromatic amines is 1. The maximum absolute atomic E-state index is 5.38. The van der Waals surface area contributed by atoms with Crippen LogP contribution in [0.5, 0.6) is 0 Å². The van der Waals surface area contributed by atoms with Crippen LogP contribution in [-0.2, 0) is 0 Å². The maximum Gasteiger partial charge on any atom is 0.169 e. The van der Waals surface area contributed by atoms with Crippen molar-refractivity contribution in [1.29, 1.82) is 0 Å². The molecule has 1 saturated heterocycles. The van der Waals surface area contributed by atoms with Crippen LogP contribution in [0.4, 0.5) is 0 Å². The molecule has 3 rings (SSSR count). The molecule has 2 aromatic heterocycles. The van der Waals surface area contributed by atoms with E-state index < -0.39 is 0 Å². The highest BCUT2D eigenvalue weighted by molar-refractivity contribution is 7.80. The molecule has 98 valence electrons. The molecule has 0 amide bonds. The van der Waals surface area contributed by atoms with Gasteiger partial charge in [0.25, 0.3) is 0 Å². The van der Waals surface area contributed by atoms with E-state index in [1.54, 1.807) is 0 Å². The molecule has 1 fully saturated rings. The average Bonchev–Trinajstić information content (AvgIpc) is 2.96. The first-order valence-corrected chi connectivity index (χ1v) is 6.67. The Kier molecular flexibility index (Phi) is 2.98. The SMILES string of the molecule is Cc1ccc(C2C(c3ccccn3)NC(=S)N2C)[nH]1. The first kappa shape index (κ1) is 12.2. The number of likely N-dealkylation sites (N-methyl/N-ethyl adjacent to an activating group) is 1. The number of nitrogens with zero attached hydrogens (tertiary/aromatic N) is 2. The van der Waals surface area contributed by atoms with Crippen molar-refractivity contribution in [3.05, 3.63) is 53.6 Å². The molecule has 0 saturated carbocycles. The molecule has 1 aliphatic rings. The van der Waals surface area contributed by atoms with Crippen molar-refractivity contribution in [2.75, 3.05) is 7.05 Å². The van der Waals surface area contributed by atoms with Gasteiger partial charge in [-0.3, -0.25) is 4.98 Å². The number of rotatable bonds is 2. The fourth-order valence-corrected chi connectivity index (χ4v) is 2.79. The first-order valence-electron chi connectivity index (χ1n) is 6.26. The minimum absolute atomic E-state index is 0.0803. The molecule has 1 aliphatic heterocycles. The molecular weight excluding hydrogens is 256 g/mol. The zero-order valence-electron chi connectivity index (χ0n) is 10.9. The van der Waals surface area contributed by atoms with Crippen molar-refractivity contribution in [3.8, 4) is 0 Å². The van der Waals surface area contributed by atoms with Gasteiger partial charge in [0.2, 0.25) is 0 Å². The zero-order chi connectivity index (χ0) is 13.4. The Balaban J connectivity index is 2.01. The molecule has 5 heteroatoms. The number of aromatic nitrogens is 2. The summed E-state index contributed by atoms with van der Waals surface area (Å²) in [4.78, 5) is 9.93. The number of nitrogens with one attached hydrogen (secondary N) is 2.